The Bertz CT molecular complexity index is 642. The molecule has 0 atom stereocenters. The van der Waals surface area contributed by atoms with E-state index in [9.17, 15) is 28.8 Å². The van der Waals surface area contributed by atoms with Gasteiger partial charge in [-0.25, -0.2) is 0 Å². The minimum Gasteiger partial charge on any atom is -0.480 e. The van der Waals surface area contributed by atoms with Crippen molar-refractivity contribution in [2.75, 3.05) is 26.2 Å². The fourth-order valence-corrected chi connectivity index (χ4v) is 3.35. The minimum atomic E-state index is -1.13. The van der Waals surface area contributed by atoms with Gasteiger partial charge in [0.25, 0.3) is 0 Å². The van der Waals surface area contributed by atoms with E-state index in [1.54, 1.807) is 0 Å². The van der Waals surface area contributed by atoms with E-state index in [1.165, 1.54) is 12.8 Å². The fourth-order valence-electron chi connectivity index (χ4n) is 3.35. The van der Waals surface area contributed by atoms with Gasteiger partial charge in [-0.05, 0) is 12.8 Å². The van der Waals surface area contributed by atoms with E-state index in [2.05, 4.69) is 21.3 Å². The van der Waals surface area contributed by atoms with Gasteiger partial charge in [-0.1, -0.05) is 64.2 Å². The quantitative estimate of drug-likeness (QED) is 0.109. The maximum absolute atomic E-state index is 11.7. The summed E-state index contributed by atoms with van der Waals surface area (Å²) in [6, 6.07) is 0. The molecule has 12 heteroatoms. The summed E-state index contributed by atoms with van der Waals surface area (Å²) < 4.78 is 0. The first-order valence-electron chi connectivity index (χ1n) is 12.7. The first-order valence-corrected chi connectivity index (χ1v) is 12.7. The SMILES string of the molecule is O=C(O)CNC(=O)CNC(=O)CCCCCCCCCCCCCCC(=O)NCC(=O)NCC(=O)O. The number of unbranched alkanes of at least 4 members (excludes halogenated alkanes) is 11. The molecule has 4 amide bonds. The van der Waals surface area contributed by atoms with Crippen LogP contribution in [0.1, 0.15) is 89.9 Å². The molecule has 12 nitrogen and oxygen atoms in total. The summed E-state index contributed by atoms with van der Waals surface area (Å²) in [6.45, 7) is -1.34. The predicted molar refractivity (Wildman–Crippen MR) is 132 cm³/mol. The van der Waals surface area contributed by atoms with Crippen molar-refractivity contribution >= 4 is 35.6 Å². The number of nitrogens with one attached hydrogen (secondary N) is 4. The molecule has 0 aromatic carbocycles. The number of carbonyl (C=O) groups excluding carboxylic acids is 4. The number of hydrogen-bond acceptors (Lipinski definition) is 6. The molecule has 0 saturated carbocycles. The zero-order valence-corrected chi connectivity index (χ0v) is 21.1. The third-order valence-corrected chi connectivity index (χ3v) is 5.32. The van der Waals surface area contributed by atoms with Crippen LogP contribution in [-0.4, -0.2) is 72.0 Å². The Morgan fingerprint density at radius 3 is 0.889 bits per heavy atom. The highest BCUT2D eigenvalue weighted by Gasteiger charge is 2.07. The summed E-state index contributed by atoms with van der Waals surface area (Å²) in [6.07, 6.45) is 13.2. The average molecular weight is 515 g/mol. The molecule has 0 radical (unpaired) electrons. The summed E-state index contributed by atoms with van der Waals surface area (Å²) in [5, 5.41) is 26.2. The first kappa shape index (κ1) is 32.8. The second kappa shape index (κ2) is 22.3. The maximum Gasteiger partial charge on any atom is 0.322 e. The van der Waals surface area contributed by atoms with Crippen LogP contribution in [0.25, 0.3) is 0 Å². The molecule has 0 saturated heterocycles. The van der Waals surface area contributed by atoms with Gasteiger partial charge in [-0.2, -0.15) is 0 Å². The molecule has 0 aromatic heterocycles. The molecule has 0 aliphatic heterocycles. The lowest BCUT2D eigenvalue weighted by molar-refractivity contribution is -0.138. The maximum atomic E-state index is 11.7. The van der Waals surface area contributed by atoms with Crippen LogP contribution >= 0.6 is 0 Å². The van der Waals surface area contributed by atoms with Crippen LogP contribution in [0.2, 0.25) is 0 Å². The summed E-state index contributed by atoms with van der Waals surface area (Å²) in [7, 11) is 0. The van der Waals surface area contributed by atoms with E-state index in [-0.39, 0.29) is 24.9 Å². The highest BCUT2D eigenvalue weighted by atomic mass is 16.4. The van der Waals surface area contributed by atoms with Gasteiger partial charge in [0, 0.05) is 12.8 Å². The Kier molecular flexibility index (Phi) is 20.3. The van der Waals surface area contributed by atoms with Gasteiger partial charge in [0.1, 0.15) is 13.1 Å². The zero-order valence-electron chi connectivity index (χ0n) is 21.1. The van der Waals surface area contributed by atoms with Crippen molar-refractivity contribution < 1.29 is 39.0 Å². The predicted octanol–water partition coefficient (Wildman–Crippen LogP) is 1.08. The lowest BCUT2D eigenvalue weighted by Gasteiger charge is -2.06. The standard InChI is InChI=1S/C24H42N4O8/c29-19(25-15-21(31)27-17-23(33)34)13-11-9-7-5-3-1-2-4-6-8-10-12-14-20(30)26-16-22(32)28-18-24(35)36/h1-18H2,(H,25,29)(H,26,30)(H,27,31)(H,28,32)(H,33,34)(H,35,36). The molecule has 0 aromatic rings. The smallest absolute Gasteiger partial charge is 0.322 e. The fraction of sp³-hybridized carbons (Fsp3) is 0.750. The van der Waals surface area contributed by atoms with Crippen LogP contribution in [0, 0.1) is 0 Å². The van der Waals surface area contributed by atoms with Gasteiger partial charge in [0.2, 0.25) is 23.6 Å². The number of hydrogen-bond donors (Lipinski definition) is 6. The van der Waals surface area contributed by atoms with Crippen molar-refractivity contribution in [3.05, 3.63) is 0 Å². The molecular formula is C24H42N4O8. The normalized spacial score (nSPS) is 10.3. The van der Waals surface area contributed by atoms with Gasteiger partial charge >= 0.3 is 11.9 Å². The number of carbonyl (C=O) groups is 6. The molecule has 0 spiro atoms. The van der Waals surface area contributed by atoms with Crippen LogP contribution in [0.5, 0.6) is 0 Å². The number of aliphatic carboxylic acids is 2. The van der Waals surface area contributed by atoms with Gasteiger partial charge in [-0.15, -0.1) is 0 Å². The highest BCUT2D eigenvalue weighted by molar-refractivity contribution is 5.87. The van der Waals surface area contributed by atoms with Crippen molar-refractivity contribution in [3.63, 3.8) is 0 Å². The van der Waals surface area contributed by atoms with E-state index in [4.69, 9.17) is 10.2 Å². The summed E-state index contributed by atoms with van der Waals surface area (Å²) in [4.78, 5) is 66.6. The van der Waals surface area contributed by atoms with Gasteiger partial charge < -0.3 is 31.5 Å². The Morgan fingerprint density at radius 2 is 0.611 bits per heavy atom. The second-order valence-electron chi connectivity index (χ2n) is 8.64. The van der Waals surface area contributed by atoms with Crippen molar-refractivity contribution in [2.45, 2.75) is 89.9 Å². The van der Waals surface area contributed by atoms with Crippen molar-refractivity contribution in [1.82, 2.24) is 21.3 Å². The lowest BCUT2D eigenvalue weighted by Crippen LogP contribution is -2.38. The van der Waals surface area contributed by atoms with Crippen molar-refractivity contribution in [3.8, 4) is 0 Å². The third kappa shape index (κ3) is 24.0. The lowest BCUT2D eigenvalue weighted by atomic mass is 10.0. The van der Waals surface area contributed by atoms with Crippen LogP contribution in [0.3, 0.4) is 0 Å². The molecule has 0 fully saturated rings. The molecule has 0 bridgehead atoms. The number of amides is 4. The van der Waals surface area contributed by atoms with E-state index in [0.717, 1.165) is 64.2 Å². The van der Waals surface area contributed by atoms with E-state index in [1.807, 2.05) is 0 Å². The summed E-state index contributed by atoms with van der Waals surface area (Å²) in [5.41, 5.74) is 0. The Morgan fingerprint density at radius 1 is 0.361 bits per heavy atom. The molecule has 6 N–H and O–H groups in total. The monoisotopic (exact) mass is 514 g/mol. The topological polar surface area (TPSA) is 191 Å². The van der Waals surface area contributed by atoms with Crippen molar-refractivity contribution in [2.24, 2.45) is 0 Å². The Labute approximate surface area is 212 Å². The van der Waals surface area contributed by atoms with E-state index >= 15 is 0 Å². The highest BCUT2D eigenvalue weighted by Crippen LogP contribution is 2.13. The van der Waals surface area contributed by atoms with E-state index in [0.29, 0.717) is 12.8 Å². The summed E-state index contributed by atoms with van der Waals surface area (Å²) >= 11 is 0. The average Bonchev–Trinajstić information content (AvgIpc) is 2.83. The van der Waals surface area contributed by atoms with E-state index < -0.39 is 36.8 Å². The Hall–Kier alpha value is -3.18. The molecule has 0 rings (SSSR count). The van der Waals surface area contributed by atoms with Gasteiger partial charge in [-0.3, -0.25) is 28.8 Å². The van der Waals surface area contributed by atoms with Gasteiger partial charge in [0.15, 0.2) is 0 Å². The molecule has 36 heavy (non-hydrogen) atoms. The molecular weight excluding hydrogens is 472 g/mol. The largest absolute Gasteiger partial charge is 0.480 e. The molecule has 0 aliphatic rings. The Balaban J connectivity index is 3.37. The van der Waals surface area contributed by atoms with Crippen LogP contribution in [0.4, 0.5) is 0 Å². The zero-order chi connectivity index (χ0) is 27.0. The van der Waals surface area contributed by atoms with Crippen LogP contribution in [0.15, 0.2) is 0 Å². The molecule has 0 aliphatic carbocycles. The van der Waals surface area contributed by atoms with Crippen LogP contribution in [-0.2, 0) is 28.8 Å². The molecule has 0 unspecified atom stereocenters. The third-order valence-electron chi connectivity index (χ3n) is 5.32. The number of rotatable bonds is 23. The minimum absolute atomic E-state index is 0.207. The second-order valence-corrected chi connectivity index (χ2v) is 8.64. The van der Waals surface area contributed by atoms with Crippen molar-refractivity contribution in [1.29, 1.82) is 0 Å². The van der Waals surface area contributed by atoms with Crippen LogP contribution < -0.4 is 21.3 Å². The number of carboxylic acids is 2. The first-order chi connectivity index (χ1) is 17.2. The molecule has 0 heterocycles. The van der Waals surface area contributed by atoms with Gasteiger partial charge in [0.05, 0.1) is 13.1 Å². The molecule has 206 valence electrons. The number of carboxylic acid groups (broad SMARTS) is 2. The summed E-state index contributed by atoms with van der Waals surface area (Å²) in [5.74, 6) is -3.72.